The van der Waals surface area contributed by atoms with Gasteiger partial charge in [0.25, 0.3) is 23.6 Å². The molecule has 1 aromatic carbocycles. The normalized spacial score (nSPS) is 16.9. The number of pyridine rings is 1. The highest BCUT2D eigenvalue weighted by Gasteiger charge is 2.34. The number of hydrogen-bond donors (Lipinski definition) is 2. The molecular weight excluding hydrogens is 408 g/mol. The minimum absolute atomic E-state index is 0.329. The van der Waals surface area contributed by atoms with Crippen molar-refractivity contribution >= 4 is 45.7 Å². The fraction of sp³-hybridized carbons (Fsp3) is 0.125. The molecule has 0 bridgehead atoms. The van der Waals surface area contributed by atoms with Crippen molar-refractivity contribution in [3.63, 3.8) is 0 Å². The molecule has 3 aliphatic heterocycles. The zero-order valence-corrected chi connectivity index (χ0v) is 16.9. The second-order valence-electron chi connectivity index (χ2n) is 7.61. The van der Waals surface area contributed by atoms with Crippen molar-refractivity contribution in [3.05, 3.63) is 77.8 Å². The quantitative estimate of drug-likeness (QED) is 0.607. The van der Waals surface area contributed by atoms with Gasteiger partial charge in [0.1, 0.15) is 0 Å². The molecule has 4 amide bonds. The number of amides is 4. The molecule has 0 atom stereocenters. The van der Waals surface area contributed by atoms with Gasteiger partial charge in [0.05, 0.1) is 16.7 Å². The summed E-state index contributed by atoms with van der Waals surface area (Å²) in [5.41, 5.74) is 4.80. The van der Waals surface area contributed by atoms with E-state index in [0.29, 0.717) is 16.7 Å². The molecule has 0 aliphatic carbocycles. The predicted molar refractivity (Wildman–Crippen MR) is 117 cm³/mol. The van der Waals surface area contributed by atoms with Crippen molar-refractivity contribution in [2.24, 2.45) is 0 Å². The Morgan fingerprint density at radius 3 is 2.34 bits per heavy atom. The Hall–Kier alpha value is -4.33. The second-order valence-corrected chi connectivity index (χ2v) is 7.61. The highest BCUT2D eigenvalue weighted by molar-refractivity contribution is 6.50. The molecule has 2 N–H and O–H groups in total. The van der Waals surface area contributed by atoms with Crippen molar-refractivity contribution in [2.75, 3.05) is 0 Å². The van der Waals surface area contributed by atoms with Crippen molar-refractivity contribution in [1.82, 2.24) is 20.2 Å². The SMILES string of the molecule is O=C1C=CC(=O)N1.O=C1NC(=O)C(c2cn3c4c(cccc24)CCC3)=C1c1cccnc1. The lowest BCUT2D eigenvalue weighted by atomic mass is 9.95. The molecular formula is C24H18N4O4. The Morgan fingerprint density at radius 2 is 1.66 bits per heavy atom. The van der Waals surface area contributed by atoms with Crippen LogP contribution in [0.4, 0.5) is 0 Å². The Bertz CT molecular complexity index is 1350. The molecule has 158 valence electrons. The van der Waals surface area contributed by atoms with E-state index in [1.165, 1.54) is 23.2 Å². The third kappa shape index (κ3) is 3.31. The van der Waals surface area contributed by atoms with Gasteiger partial charge in [-0.05, 0) is 24.5 Å². The molecule has 8 heteroatoms. The summed E-state index contributed by atoms with van der Waals surface area (Å²) in [6.07, 6.45) is 9.80. The Morgan fingerprint density at radius 1 is 0.875 bits per heavy atom. The van der Waals surface area contributed by atoms with E-state index in [-0.39, 0.29) is 23.6 Å². The number of aryl methyl sites for hydroxylation is 2. The van der Waals surface area contributed by atoms with Gasteiger partial charge in [-0.2, -0.15) is 0 Å². The first-order valence-corrected chi connectivity index (χ1v) is 10.2. The zero-order valence-electron chi connectivity index (χ0n) is 16.9. The van der Waals surface area contributed by atoms with Crippen LogP contribution < -0.4 is 10.6 Å². The van der Waals surface area contributed by atoms with Gasteiger partial charge in [-0.25, -0.2) is 0 Å². The third-order valence-corrected chi connectivity index (χ3v) is 5.61. The van der Waals surface area contributed by atoms with Crippen LogP contribution in [0.25, 0.3) is 22.0 Å². The summed E-state index contributed by atoms with van der Waals surface area (Å²) in [6.45, 7) is 0.929. The smallest absolute Gasteiger partial charge is 0.259 e. The first-order valence-electron chi connectivity index (χ1n) is 10.2. The van der Waals surface area contributed by atoms with Gasteiger partial charge in [0, 0.05) is 53.8 Å². The van der Waals surface area contributed by atoms with Gasteiger partial charge in [-0.15, -0.1) is 0 Å². The Balaban J connectivity index is 0.000000265. The van der Waals surface area contributed by atoms with Crippen LogP contribution in [0.1, 0.15) is 23.1 Å². The molecule has 5 heterocycles. The van der Waals surface area contributed by atoms with E-state index in [1.54, 1.807) is 18.5 Å². The highest BCUT2D eigenvalue weighted by Crippen LogP contribution is 2.38. The molecule has 8 nitrogen and oxygen atoms in total. The lowest BCUT2D eigenvalue weighted by Crippen LogP contribution is -2.22. The van der Waals surface area contributed by atoms with Crippen LogP contribution in [0.3, 0.4) is 0 Å². The average molecular weight is 426 g/mol. The summed E-state index contributed by atoms with van der Waals surface area (Å²) in [7, 11) is 0. The highest BCUT2D eigenvalue weighted by atomic mass is 16.2. The molecule has 2 aromatic heterocycles. The minimum Gasteiger partial charge on any atom is -0.347 e. The van der Waals surface area contributed by atoms with Crippen LogP contribution in [0.15, 0.2) is 61.1 Å². The lowest BCUT2D eigenvalue weighted by molar-refractivity contribution is -0.124. The number of carbonyl (C=O) groups is 4. The molecule has 0 saturated heterocycles. The van der Waals surface area contributed by atoms with Gasteiger partial charge in [0.2, 0.25) is 0 Å². The topological polar surface area (TPSA) is 110 Å². The van der Waals surface area contributed by atoms with Crippen LogP contribution in [0.2, 0.25) is 0 Å². The summed E-state index contributed by atoms with van der Waals surface area (Å²) in [6, 6.07) is 9.77. The molecule has 0 unspecified atom stereocenters. The van der Waals surface area contributed by atoms with Crippen LogP contribution in [-0.2, 0) is 32.1 Å². The minimum atomic E-state index is -0.361. The zero-order chi connectivity index (χ0) is 22.2. The van der Waals surface area contributed by atoms with Gasteiger partial charge in [-0.1, -0.05) is 24.3 Å². The number of imide groups is 2. The first-order chi connectivity index (χ1) is 15.5. The maximum absolute atomic E-state index is 12.6. The number of benzene rings is 1. The first kappa shape index (κ1) is 19.6. The number of aromatic nitrogens is 2. The lowest BCUT2D eigenvalue weighted by Gasteiger charge is -2.14. The van der Waals surface area contributed by atoms with E-state index in [2.05, 4.69) is 20.9 Å². The van der Waals surface area contributed by atoms with Crippen LogP contribution in [0.5, 0.6) is 0 Å². The largest absolute Gasteiger partial charge is 0.347 e. The number of nitrogens with one attached hydrogen (secondary N) is 2. The molecule has 0 saturated carbocycles. The summed E-state index contributed by atoms with van der Waals surface area (Å²) in [5.74, 6) is -1.36. The monoisotopic (exact) mass is 426 g/mol. The van der Waals surface area contributed by atoms with Crippen LogP contribution in [0, 0.1) is 0 Å². The van der Waals surface area contributed by atoms with E-state index in [9.17, 15) is 19.2 Å². The van der Waals surface area contributed by atoms with E-state index < -0.39 is 0 Å². The molecule has 0 spiro atoms. The van der Waals surface area contributed by atoms with Crippen molar-refractivity contribution in [3.8, 4) is 0 Å². The van der Waals surface area contributed by atoms with Crippen molar-refractivity contribution < 1.29 is 19.2 Å². The van der Waals surface area contributed by atoms with E-state index in [1.807, 2.05) is 29.7 Å². The number of nitrogens with zero attached hydrogens (tertiary/aromatic N) is 2. The van der Waals surface area contributed by atoms with E-state index in [0.717, 1.165) is 30.3 Å². The van der Waals surface area contributed by atoms with Gasteiger partial charge in [0.15, 0.2) is 0 Å². The number of hydrogen-bond acceptors (Lipinski definition) is 5. The molecule has 0 fully saturated rings. The Kier molecular flexibility index (Phi) is 4.74. The number of para-hydroxylation sites is 1. The van der Waals surface area contributed by atoms with Gasteiger partial charge in [-0.3, -0.25) is 34.8 Å². The number of rotatable bonds is 2. The molecule has 6 rings (SSSR count). The van der Waals surface area contributed by atoms with Crippen LogP contribution >= 0.6 is 0 Å². The van der Waals surface area contributed by atoms with E-state index >= 15 is 0 Å². The summed E-state index contributed by atoms with van der Waals surface area (Å²) < 4.78 is 2.20. The average Bonchev–Trinajstić information content (AvgIpc) is 3.45. The third-order valence-electron chi connectivity index (χ3n) is 5.61. The van der Waals surface area contributed by atoms with Crippen molar-refractivity contribution in [2.45, 2.75) is 19.4 Å². The van der Waals surface area contributed by atoms with E-state index in [4.69, 9.17) is 0 Å². The molecule has 0 radical (unpaired) electrons. The summed E-state index contributed by atoms with van der Waals surface area (Å²) in [4.78, 5) is 49.2. The number of carbonyl (C=O) groups excluding carboxylic acids is 4. The summed E-state index contributed by atoms with van der Waals surface area (Å²) in [5, 5.41) is 5.50. The summed E-state index contributed by atoms with van der Waals surface area (Å²) >= 11 is 0. The molecule has 3 aliphatic rings. The van der Waals surface area contributed by atoms with Crippen LogP contribution in [-0.4, -0.2) is 33.2 Å². The molecule has 3 aromatic rings. The maximum Gasteiger partial charge on any atom is 0.259 e. The predicted octanol–water partition coefficient (Wildman–Crippen LogP) is 1.75. The fourth-order valence-electron chi connectivity index (χ4n) is 4.31. The Labute approximate surface area is 182 Å². The van der Waals surface area contributed by atoms with Crippen molar-refractivity contribution in [1.29, 1.82) is 0 Å². The second kappa shape index (κ2) is 7.73. The fourth-order valence-corrected chi connectivity index (χ4v) is 4.31. The standard InChI is InChI=1S/C20H15N3O2.C4H3NO2/c24-19-16(13-5-2-8-21-10-13)17(20(25)22-19)15-11-23-9-3-6-12-4-1-7-14(15)18(12)23;6-3-1-2-4(7)5-3/h1-2,4-5,7-8,10-11H,3,6,9H2,(H,22,24,25);1-2H,(H,5,6,7). The van der Waals surface area contributed by atoms with Gasteiger partial charge >= 0.3 is 0 Å². The maximum atomic E-state index is 12.6. The molecule has 32 heavy (non-hydrogen) atoms. The van der Waals surface area contributed by atoms with Gasteiger partial charge < -0.3 is 4.57 Å².